The third-order valence-electron chi connectivity index (χ3n) is 11.9. The molecule has 3 amide bonds. The molecule has 3 heterocycles. The van der Waals surface area contributed by atoms with Crippen molar-refractivity contribution in [1.82, 2.24) is 20.1 Å². The Bertz CT molecular complexity index is 2700. The number of nitrogens with one attached hydrogen (secondary N) is 3. The number of Topliss-reactive ketones (excluding diaryl/α,β-unsaturated/α-hetero) is 1. The first-order valence-electron chi connectivity index (χ1n) is 24.1. The number of anilines is 3. The van der Waals surface area contributed by atoms with Crippen LogP contribution in [0.5, 0.6) is 0 Å². The summed E-state index contributed by atoms with van der Waals surface area (Å²) in [7, 11) is -9.39. The first-order valence-corrected chi connectivity index (χ1v) is 29.0. The van der Waals surface area contributed by atoms with Crippen molar-refractivity contribution in [3.05, 3.63) is 35.4 Å². The summed E-state index contributed by atoms with van der Waals surface area (Å²) >= 11 is 0. The molecule has 0 radical (unpaired) electrons. The third-order valence-corrected chi connectivity index (χ3v) is 19.3. The highest BCUT2D eigenvalue weighted by Crippen LogP contribution is 2.30. The number of hydrogen-bond donors (Lipinski definition) is 3. The molecule has 0 aliphatic carbocycles. The minimum Gasteiger partial charge on any atom is -0.359 e. The second-order valence-electron chi connectivity index (χ2n) is 24.8. The minimum atomic E-state index is -4.00. The Morgan fingerprint density at radius 3 is 1.14 bits per heavy atom. The molecule has 0 bridgehead atoms. The predicted octanol–water partition coefficient (Wildman–Crippen LogP) is 8.76. The molecule has 3 aromatic heterocycles. The quantitative estimate of drug-likeness (QED) is 0.114. The van der Waals surface area contributed by atoms with Crippen molar-refractivity contribution in [3.63, 3.8) is 0 Å². The first-order chi connectivity index (χ1) is 31.9. The van der Waals surface area contributed by atoms with Crippen LogP contribution >= 0.6 is 0 Å². The van der Waals surface area contributed by atoms with Crippen LogP contribution in [-0.4, -0.2) is 100 Å². The van der Waals surface area contributed by atoms with E-state index in [1.165, 1.54) is 41.5 Å². The van der Waals surface area contributed by atoms with E-state index in [1.807, 2.05) is 90.0 Å². The van der Waals surface area contributed by atoms with Gasteiger partial charge in [0.2, 0.25) is 17.7 Å². The molecule has 0 unspecified atom stereocenters. The van der Waals surface area contributed by atoms with E-state index in [-0.39, 0.29) is 51.2 Å². The highest BCUT2D eigenvalue weighted by atomic mass is 32.2. The van der Waals surface area contributed by atoms with Crippen LogP contribution in [0.3, 0.4) is 0 Å². The van der Waals surface area contributed by atoms with Crippen LogP contribution in [0.2, 0.25) is 0 Å². The fourth-order valence-corrected chi connectivity index (χ4v) is 10.1. The topological polar surface area (TPSA) is 277 Å². The number of aromatic nitrogens is 4. The second-order valence-corrected chi connectivity index (χ2v) is 32.6. The van der Waals surface area contributed by atoms with E-state index in [4.69, 9.17) is 9.05 Å². The van der Waals surface area contributed by atoms with Gasteiger partial charge in [-0.3, -0.25) is 23.9 Å². The molecule has 3 N–H and O–H groups in total. The van der Waals surface area contributed by atoms with E-state index < -0.39 is 78.4 Å². The van der Waals surface area contributed by atoms with Gasteiger partial charge in [-0.2, -0.15) is 5.10 Å². The van der Waals surface area contributed by atoms with Crippen LogP contribution in [-0.2, 0) is 72.0 Å². The van der Waals surface area contributed by atoms with Gasteiger partial charge < -0.3 is 25.0 Å². The number of carbonyl (C=O) groups excluding carboxylic acids is 4. The van der Waals surface area contributed by atoms with Crippen LogP contribution < -0.4 is 16.0 Å². The Morgan fingerprint density at radius 2 is 0.861 bits per heavy atom. The molecule has 72 heavy (non-hydrogen) atoms. The van der Waals surface area contributed by atoms with Crippen molar-refractivity contribution in [2.24, 2.45) is 24.3 Å². The average Bonchev–Trinajstić information content (AvgIpc) is 3.97. The van der Waals surface area contributed by atoms with Gasteiger partial charge in [-0.15, -0.1) is 0 Å². The molecule has 0 aliphatic heterocycles. The predicted molar refractivity (Wildman–Crippen MR) is 285 cm³/mol. The number of aryl methyl sites for hydroxylation is 1. The summed E-state index contributed by atoms with van der Waals surface area (Å²) in [5, 5.41) is 19.7. The van der Waals surface area contributed by atoms with Gasteiger partial charge in [-0.1, -0.05) is 121 Å². The standard InChI is InChI=1S/C17H31N3O3S.C17H28N2O5S.C16H28N2O4S/c1-12(2)9-10-24(22,23)17(6,7)15(21)18-14-11-13(16(3,4)5)19-20(14)8;1-15(2,3)11(20)10-25(22,23)17(7,8)14(21)18-13-9-12(24-19-13)16(4,5)6;1-11(2)8-9-23(20,21)16(6,7)14(19)17-13-10-12(22-18-13)15(3,4)5/h11-12H,9-10H2,1-8H3,(H,18,21);9H,10H2,1-8H3,(H,18,19,21);10-11H,8-9H2,1-7H3,(H,17,18,19). The van der Waals surface area contributed by atoms with E-state index in [0.29, 0.717) is 30.2 Å². The molecule has 0 saturated carbocycles. The van der Waals surface area contributed by atoms with Crippen molar-refractivity contribution >= 4 is 70.5 Å². The van der Waals surface area contributed by atoms with Gasteiger partial charge in [0.25, 0.3) is 0 Å². The molecule has 19 nitrogen and oxygen atoms in total. The highest BCUT2D eigenvalue weighted by Gasteiger charge is 2.45. The summed E-state index contributed by atoms with van der Waals surface area (Å²) in [6.45, 7) is 38.8. The van der Waals surface area contributed by atoms with Crippen LogP contribution in [0.1, 0.15) is 182 Å². The van der Waals surface area contributed by atoms with Crippen LogP contribution in [0.25, 0.3) is 0 Å². The van der Waals surface area contributed by atoms with Gasteiger partial charge in [-0.05, 0) is 66.2 Å². The third kappa shape index (κ3) is 17.9. The lowest BCUT2D eigenvalue weighted by Crippen LogP contribution is -2.48. The van der Waals surface area contributed by atoms with Gasteiger partial charge in [0, 0.05) is 46.9 Å². The van der Waals surface area contributed by atoms with Gasteiger partial charge in [-0.25, -0.2) is 25.3 Å². The van der Waals surface area contributed by atoms with E-state index in [9.17, 15) is 44.4 Å². The summed E-state index contributed by atoms with van der Waals surface area (Å²) in [6, 6.07) is 4.96. The fraction of sp³-hybridized carbons (Fsp3) is 0.740. The van der Waals surface area contributed by atoms with Crippen molar-refractivity contribution in [3.8, 4) is 0 Å². The molecule has 0 aromatic carbocycles. The number of nitrogens with zero attached hydrogens (tertiary/aromatic N) is 4. The number of rotatable bonds is 17. The molecule has 0 saturated heterocycles. The van der Waals surface area contributed by atoms with Gasteiger partial charge >= 0.3 is 0 Å². The number of hydrogen-bond acceptors (Lipinski definition) is 15. The highest BCUT2D eigenvalue weighted by molar-refractivity contribution is 7.94. The van der Waals surface area contributed by atoms with E-state index >= 15 is 0 Å². The summed E-state index contributed by atoms with van der Waals surface area (Å²) in [6.07, 6.45) is 1.07. The number of carbonyl (C=O) groups is 4. The summed E-state index contributed by atoms with van der Waals surface area (Å²) in [5.41, 5.74) is -0.654. The second kappa shape index (κ2) is 23.4. The molecule has 412 valence electrons. The summed E-state index contributed by atoms with van der Waals surface area (Å²) in [4.78, 5) is 49.6. The van der Waals surface area contributed by atoms with Gasteiger partial charge in [0.05, 0.1) is 17.2 Å². The zero-order valence-electron chi connectivity index (χ0n) is 47.3. The van der Waals surface area contributed by atoms with Crippen molar-refractivity contribution in [2.75, 3.05) is 33.2 Å². The Kier molecular flexibility index (Phi) is 21.3. The van der Waals surface area contributed by atoms with Gasteiger partial charge in [0.1, 0.15) is 37.3 Å². The van der Waals surface area contributed by atoms with Crippen LogP contribution in [0.15, 0.2) is 27.2 Å². The van der Waals surface area contributed by atoms with E-state index in [0.717, 1.165) is 5.69 Å². The van der Waals surface area contributed by atoms with E-state index in [1.54, 1.807) is 50.7 Å². The van der Waals surface area contributed by atoms with Crippen molar-refractivity contribution in [1.29, 1.82) is 0 Å². The lowest BCUT2D eigenvalue weighted by Gasteiger charge is -2.25. The van der Waals surface area contributed by atoms with Crippen LogP contribution in [0, 0.1) is 17.3 Å². The van der Waals surface area contributed by atoms with Crippen molar-refractivity contribution in [2.45, 2.75) is 196 Å². The Morgan fingerprint density at radius 1 is 0.528 bits per heavy atom. The zero-order chi connectivity index (χ0) is 56.8. The maximum absolute atomic E-state index is 12.6. The molecule has 0 fully saturated rings. The fourth-order valence-electron chi connectivity index (χ4n) is 5.41. The Balaban J connectivity index is 0.000000540. The maximum atomic E-state index is 12.6. The lowest BCUT2D eigenvalue weighted by atomic mass is 9.92. The smallest absolute Gasteiger partial charge is 0.246 e. The van der Waals surface area contributed by atoms with Crippen molar-refractivity contribution < 1.29 is 53.5 Å². The largest absolute Gasteiger partial charge is 0.359 e. The van der Waals surface area contributed by atoms with E-state index in [2.05, 4.69) is 31.4 Å². The number of sulfone groups is 3. The first kappa shape index (κ1) is 65.6. The SMILES string of the molecule is CC(C)(C)C(=O)CS(=O)(=O)C(C)(C)C(=O)Nc1cc(C(C)(C)C)on1.CC(C)CCS(=O)(=O)C(C)(C)C(=O)Nc1cc(C(C)(C)C)nn1C.CC(C)CCS(=O)(=O)C(C)(C)C(=O)Nc1cc(C(C)(C)C)on1. The summed E-state index contributed by atoms with van der Waals surface area (Å²) < 4.78 is 82.3. The molecule has 0 spiro atoms. The Hall–Kier alpha value is -4.44. The van der Waals surface area contributed by atoms with Gasteiger partial charge in [0.15, 0.2) is 46.9 Å². The van der Waals surface area contributed by atoms with Crippen LogP contribution in [0.4, 0.5) is 17.5 Å². The Labute approximate surface area is 430 Å². The molecular formula is C50H87N7O12S3. The average molecular weight is 1070 g/mol. The molecule has 0 atom stereocenters. The molecular weight excluding hydrogens is 987 g/mol. The summed E-state index contributed by atoms with van der Waals surface area (Å²) in [5.74, 6) is -0.468. The monoisotopic (exact) mass is 1070 g/mol. The lowest BCUT2D eigenvalue weighted by molar-refractivity contribution is -0.123. The molecule has 0 aliphatic rings. The number of amides is 3. The molecule has 3 rings (SSSR count). The number of ketones is 1. The normalized spacial score (nSPS) is 13.5. The zero-order valence-corrected chi connectivity index (χ0v) is 49.8. The maximum Gasteiger partial charge on any atom is 0.246 e. The molecule has 22 heteroatoms. The molecule has 3 aromatic rings. The minimum absolute atomic E-state index is 0.00369.